The van der Waals surface area contributed by atoms with Crippen LogP contribution in [0.3, 0.4) is 0 Å². The molecule has 0 atom stereocenters. The van der Waals surface area contributed by atoms with E-state index >= 15 is 0 Å². The van der Waals surface area contributed by atoms with Gasteiger partial charge < -0.3 is 15.5 Å². The van der Waals surface area contributed by atoms with Crippen LogP contribution in [0.5, 0.6) is 0 Å². The molecule has 1 heterocycles. The lowest BCUT2D eigenvalue weighted by molar-refractivity contribution is 0.642. The second-order valence-corrected chi connectivity index (χ2v) is 13.1. The van der Waals surface area contributed by atoms with E-state index in [9.17, 15) is 0 Å². The molecule has 0 unspecified atom stereocenters. The third-order valence-electron chi connectivity index (χ3n) is 9.18. The number of furan rings is 1. The molecule has 0 aliphatic carbocycles. The van der Waals surface area contributed by atoms with Crippen LogP contribution >= 0.6 is 0 Å². The summed E-state index contributed by atoms with van der Waals surface area (Å²) in [4.78, 5) is 0. The van der Waals surface area contributed by atoms with Crippen molar-refractivity contribution in [2.45, 2.75) is 52.4 Å². The second kappa shape index (κ2) is 13.6. The number of hydrogen-bond acceptors (Lipinski definition) is 3. The van der Waals surface area contributed by atoms with E-state index in [-0.39, 0.29) is 5.41 Å². The fourth-order valence-electron chi connectivity index (χ4n) is 6.06. The van der Waals surface area contributed by atoms with E-state index in [0.29, 0.717) is 0 Å². The van der Waals surface area contributed by atoms with Gasteiger partial charge >= 0.3 is 0 Å². The summed E-state index contributed by atoms with van der Waals surface area (Å²) < 4.78 is 6.06. The highest BCUT2D eigenvalue weighted by molar-refractivity contribution is 6.06. The fourth-order valence-corrected chi connectivity index (χ4v) is 6.06. The second-order valence-electron chi connectivity index (χ2n) is 13.1. The van der Waals surface area contributed by atoms with Crippen molar-refractivity contribution < 1.29 is 4.42 Å². The highest BCUT2D eigenvalue weighted by atomic mass is 16.3. The van der Waals surface area contributed by atoms with Crippen LogP contribution in [0.1, 0.15) is 52.7 Å². The first-order valence-corrected chi connectivity index (χ1v) is 16.2. The van der Waals surface area contributed by atoms with Gasteiger partial charge in [-0.15, -0.1) is 0 Å². The quantitative estimate of drug-likeness (QED) is 0.114. The molecule has 3 nitrogen and oxygen atoms in total. The standard InChI is InChI=1S/C44H46N2O/c1-9-17-32(27-30(3)43(5,6)37-20-12-14-22-39(37)45)33(18-10-2)28-31(4)44(7,8)38-21-13-15-23-40(38)46-34-25-26-42-36(29-34)35-19-11-16-24-41(35)47-42/h9-29,46H,3-4,45H2,1-2,5-8H3/b17-9-,18-10-,32-27+,33-28+. The summed E-state index contributed by atoms with van der Waals surface area (Å²) in [6.45, 7) is 22.0. The molecule has 0 saturated carbocycles. The number of rotatable bonds is 11. The first kappa shape index (κ1) is 33.1. The average molecular weight is 619 g/mol. The van der Waals surface area contributed by atoms with Gasteiger partial charge in [0.15, 0.2) is 0 Å². The molecule has 0 spiro atoms. The number of nitrogens with one attached hydrogen (secondary N) is 1. The van der Waals surface area contributed by atoms with Crippen LogP contribution < -0.4 is 11.1 Å². The van der Waals surface area contributed by atoms with E-state index in [0.717, 1.165) is 72.4 Å². The SMILES string of the molecule is C=C(/C=C(\C=C/C)C(/C=C\C)=C/C(=C)C(C)(C)c1ccccc1Nc1ccc2oc3ccccc3c2c1)C(C)(C)c1ccccc1N. The van der Waals surface area contributed by atoms with Gasteiger partial charge in [0.2, 0.25) is 0 Å². The van der Waals surface area contributed by atoms with Crippen molar-refractivity contribution in [3.63, 3.8) is 0 Å². The molecule has 0 aliphatic heterocycles. The van der Waals surface area contributed by atoms with E-state index < -0.39 is 5.41 Å². The maximum Gasteiger partial charge on any atom is 0.135 e. The minimum absolute atomic E-state index is 0.355. The van der Waals surface area contributed by atoms with Gasteiger partial charge in [0.1, 0.15) is 11.2 Å². The molecule has 3 heteroatoms. The fraction of sp³-hybridized carbons (Fsp3) is 0.182. The molecule has 0 bridgehead atoms. The molecule has 238 valence electrons. The van der Waals surface area contributed by atoms with Crippen molar-refractivity contribution in [1.29, 1.82) is 0 Å². The van der Waals surface area contributed by atoms with Crippen LogP contribution in [0.15, 0.2) is 167 Å². The zero-order chi connectivity index (χ0) is 33.8. The lowest BCUT2D eigenvalue weighted by atomic mass is 9.75. The van der Waals surface area contributed by atoms with Crippen LogP contribution in [0.4, 0.5) is 17.1 Å². The Hall–Kier alpha value is -5.28. The number of nitrogen functional groups attached to an aromatic ring is 1. The number of fused-ring (bicyclic) bond motifs is 3. The number of anilines is 3. The molecule has 0 aliphatic rings. The van der Waals surface area contributed by atoms with E-state index in [2.05, 4.69) is 131 Å². The molecule has 0 saturated heterocycles. The summed E-state index contributed by atoms with van der Waals surface area (Å²) in [5.74, 6) is 0. The average Bonchev–Trinajstić information content (AvgIpc) is 3.42. The van der Waals surface area contributed by atoms with Gasteiger partial charge in [0.05, 0.1) is 0 Å². The Morgan fingerprint density at radius 3 is 1.83 bits per heavy atom. The van der Waals surface area contributed by atoms with Crippen molar-refractivity contribution in [1.82, 2.24) is 0 Å². The molecule has 5 rings (SSSR count). The number of benzene rings is 4. The summed E-state index contributed by atoms with van der Waals surface area (Å²) in [6.07, 6.45) is 12.8. The lowest BCUT2D eigenvalue weighted by Crippen LogP contribution is -2.21. The largest absolute Gasteiger partial charge is 0.456 e. The molecule has 5 aromatic rings. The van der Waals surface area contributed by atoms with E-state index in [1.54, 1.807) is 0 Å². The smallest absolute Gasteiger partial charge is 0.135 e. The van der Waals surface area contributed by atoms with Crippen LogP contribution in [-0.2, 0) is 10.8 Å². The van der Waals surface area contributed by atoms with Crippen molar-refractivity contribution >= 4 is 39.0 Å². The third-order valence-corrected chi connectivity index (χ3v) is 9.18. The minimum Gasteiger partial charge on any atom is -0.456 e. The van der Waals surface area contributed by atoms with E-state index in [1.807, 2.05) is 56.3 Å². The number of allylic oxidation sites excluding steroid dienone is 10. The maximum absolute atomic E-state index is 6.39. The Bertz CT molecular complexity index is 2080. The number of nitrogens with two attached hydrogens (primary N) is 1. The maximum atomic E-state index is 6.39. The highest BCUT2D eigenvalue weighted by Gasteiger charge is 2.28. The molecule has 4 aromatic carbocycles. The van der Waals surface area contributed by atoms with E-state index in [4.69, 9.17) is 10.2 Å². The molecule has 0 fully saturated rings. The zero-order valence-electron chi connectivity index (χ0n) is 28.5. The first-order valence-electron chi connectivity index (χ1n) is 16.2. The lowest BCUT2D eigenvalue weighted by Gasteiger charge is -2.30. The first-order chi connectivity index (χ1) is 22.5. The predicted molar refractivity (Wildman–Crippen MR) is 204 cm³/mol. The molecule has 0 radical (unpaired) electrons. The van der Waals surface area contributed by atoms with Gasteiger partial charge in [0.25, 0.3) is 0 Å². The Kier molecular flexibility index (Phi) is 9.58. The Morgan fingerprint density at radius 1 is 0.660 bits per heavy atom. The highest BCUT2D eigenvalue weighted by Crippen LogP contribution is 2.40. The van der Waals surface area contributed by atoms with Gasteiger partial charge in [-0.05, 0) is 83.7 Å². The summed E-state index contributed by atoms with van der Waals surface area (Å²) in [7, 11) is 0. The molecule has 1 aromatic heterocycles. The summed E-state index contributed by atoms with van der Waals surface area (Å²) in [6, 6.07) is 30.9. The van der Waals surface area contributed by atoms with Crippen LogP contribution in [0.25, 0.3) is 21.9 Å². The topological polar surface area (TPSA) is 51.2 Å². The number of hydrogen-bond donors (Lipinski definition) is 2. The van der Waals surface area contributed by atoms with Crippen molar-refractivity contribution in [2.75, 3.05) is 11.1 Å². The monoisotopic (exact) mass is 618 g/mol. The molecule has 3 N–H and O–H groups in total. The Balaban J connectivity index is 1.49. The van der Waals surface area contributed by atoms with Crippen molar-refractivity contribution in [3.8, 4) is 0 Å². The van der Waals surface area contributed by atoms with Gasteiger partial charge in [0, 0.05) is 38.7 Å². The summed E-state index contributed by atoms with van der Waals surface area (Å²) in [5.41, 5.74) is 16.5. The van der Waals surface area contributed by atoms with Crippen molar-refractivity contribution in [3.05, 3.63) is 174 Å². The molecule has 47 heavy (non-hydrogen) atoms. The summed E-state index contributed by atoms with van der Waals surface area (Å²) in [5, 5.41) is 5.90. The Labute approximate surface area is 280 Å². The van der Waals surface area contributed by atoms with Gasteiger partial charge in [-0.2, -0.15) is 0 Å². The number of para-hydroxylation sites is 3. The zero-order valence-corrected chi connectivity index (χ0v) is 28.5. The van der Waals surface area contributed by atoms with E-state index in [1.165, 1.54) is 0 Å². The van der Waals surface area contributed by atoms with Crippen LogP contribution in [0.2, 0.25) is 0 Å². The third kappa shape index (κ3) is 6.80. The van der Waals surface area contributed by atoms with Crippen LogP contribution in [0, 0.1) is 0 Å². The van der Waals surface area contributed by atoms with Gasteiger partial charge in [-0.3, -0.25) is 0 Å². The van der Waals surface area contributed by atoms with Gasteiger partial charge in [-0.25, -0.2) is 0 Å². The van der Waals surface area contributed by atoms with Crippen LogP contribution in [-0.4, -0.2) is 0 Å². The van der Waals surface area contributed by atoms with Crippen molar-refractivity contribution in [2.24, 2.45) is 0 Å². The summed E-state index contributed by atoms with van der Waals surface area (Å²) >= 11 is 0. The molecule has 0 amide bonds. The minimum atomic E-state index is -0.390. The predicted octanol–water partition coefficient (Wildman–Crippen LogP) is 12.3. The molecular formula is C44H46N2O. The molecular weight excluding hydrogens is 572 g/mol. The Morgan fingerprint density at radius 2 is 1.19 bits per heavy atom. The van der Waals surface area contributed by atoms with Gasteiger partial charge in [-0.1, -0.05) is 132 Å². The normalized spacial score (nSPS) is 13.2.